The maximum absolute atomic E-state index is 12.0. The zero-order chi connectivity index (χ0) is 18.8. The molecule has 2 heterocycles. The molecule has 0 bridgehead atoms. The molecule has 0 saturated carbocycles. The molecule has 4 rings (SSSR count). The van der Waals surface area contributed by atoms with Crippen molar-refractivity contribution in [1.29, 1.82) is 0 Å². The summed E-state index contributed by atoms with van der Waals surface area (Å²) in [6.07, 6.45) is 0.432. The number of fused-ring (bicyclic) bond motifs is 1. The third-order valence-corrected chi connectivity index (χ3v) is 5.86. The van der Waals surface area contributed by atoms with E-state index in [-0.39, 0.29) is 11.8 Å². The van der Waals surface area contributed by atoms with E-state index in [1.807, 2.05) is 53.9 Å². The Kier molecular flexibility index (Phi) is 5.05. The van der Waals surface area contributed by atoms with Crippen molar-refractivity contribution in [3.63, 3.8) is 0 Å². The van der Waals surface area contributed by atoms with Gasteiger partial charge in [0.2, 0.25) is 5.91 Å². The number of halogens is 1. The smallest absolute Gasteiger partial charge is 0.225 e. The van der Waals surface area contributed by atoms with Crippen LogP contribution in [-0.2, 0) is 11.4 Å². The second-order valence-electron chi connectivity index (χ2n) is 6.33. The molecule has 1 atom stereocenters. The van der Waals surface area contributed by atoms with Crippen LogP contribution < -0.4 is 14.8 Å². The van der Waals surface area contributed by atoms with Crippen LogP contribution in [0.4, 0.5) is 5.69 Å². The summed E-state index contributed by atoms with van der Waals surface area (Å²) in [5.41, 5.74) is 2.98. The minimum atomic E-state index is 0.0351. The largest absolute Gasteiger partial charge is 0.493 e. The van der Waals surface area contributed by atoms with Gasteiger partial charge in [-0.1, -0.05) is 29.8 Å². The van der Waals surface area contributed by atoms with Gasteiger partial charge in [-0.3, -0.25) is 4.79 Å². The maximum Gasteiger partial charge on any atom is 0.225 e. The molecule has 0 radical (unpaired) electrons. The molecule has 27 heavy (non-hydrogen) atoms. The van der Waals surface area contributed by atoms with Crippen molar-refractivity contribution >= 4 is 34.5 Å². The lowest BCUT2D eigenvalue weighted by atomic mass is 9.90. The molecule has 4 nitrogen and oxygen atoms in total. The van der Waals surface area contributed by atoms with Crippen molar-refractivity contribution in [3.05, 3.63) is 74.9 Å². The predicted octanol–water partition coefficient (Wildman–Crippen LogP) is 5.46. The van der Waals surface area contributed by atoms with Gasteiger partial charge in [-0.25, -0.2) is 0 Å². The summed E-state index contributed by atoms with van der Waals surface area (Å²) in [6, 6.07) is 15.4. The van der Waals surface area contributed by atoms with E-state index in [2.05, 4.69) is 5.32 Å². The van der Waals surface area contributed by atoms with E-state index in [9.17, 15) is 4.79 Å². The minimum Gasteiger partial charge on any atom is -0.493 e. The zero-order valence-corrected chi connectivity index (χ0v) is 16.3. The van der Waals surface area contributed by atoms with Crippen molar-refractivity contribution in [2.75, 3.05) is 12.4 Å². The number of hydrogen-bond donors (Lipinski definition) is 1. The summed E-state index contributed by atoms with van der Waals surface area (Å²) in [5.74, 6) is 1.40. The van der Waals surface area contributed by atoms with Gasteiger partial charge in [-0.2, -0.15) is 0 Å². The van der Waals surface area contributed by atoms with Crippen LogP contribution in [0.5, 0.6) is 11.5 Å². The van der Waals surface area contributed by atoms with Crippen LogP contribution in [0.3, 0.4) is 0 Å². The Morgan fingerprint density at radius 3 is 2.74 bits per heavy atom. The lowest BCUT2D eigenvalue weighted by molar-refractivity contribution is -0.116. The molecule has 0 saturated heterocycles. The van der Waals surface area contributed by atoms with Crippen molar-refractivity contribution in [3.8, 4) is 11.5 Å². The highest BCUT2D eigenvalue weighted by Gasteiger charge is 2.28. The number of rotatable bonds is 5. The number of ether oxygens (including phenoxy) is 2. The quantitative estimate of drug-likeness (QED) is 0.619. The first-order valence-corrected chi connectivity index (χ1v) is 9.82. The molecule has 0 spiro atoms. The summed E-state index contributed by atoms with van der Waals surface area (Å²) in [4.78, 5) is 13.2. The van der Waals surface area contributed by atoms with Gasteiger partial charge < -0.3 is 14.8 Å². The summed E-state index contributed by atoms with van der Waals surface area (Å²) in [5, 5.41) is 5.63. The maximum atomic E-state index is 12.0. The van der Waals surface area contributed by atoms with Gasteiger partial charge in [0.25, 0.3) is 0 Å². The van der Waals surface area contributed by atoms with Crippen LogP contribution in [0.25, 0.3) is 0 Å². The lowest BCUT2D eigenvalue weighted by Gasteiger charge is -2.23. The van der Waals surface area contributed by atoms with Gasteiger partial charge in [0.05, 0.1) is 12.8 Å². The van der Waals surface area contributed by atoms with E-state index in [1.54, 1.807) is 18.4 Å². The van der Waals surface area contributed by atoms with Crippen LogP contribution in [0.15, 0.2) is 53.9 Å². The third kappa shape index (κ3) is 3.80. The zero-order valence-electron chi connectivity index (χ0n) is 14.7. The topological polar surface area (TPSA) is 47.6 Å². The molecule has 1 amide bonds. The molecule has 2 aromatic carbocycles. The van der Waals surface area contributed by atoms with E-state index in [0.29, 0.717) is 29.5 Å². The molecule has 6 heteroatoms. The van der Waals surface area contributed by atoms with E-state index in [1.165, 1.54) is 4.88 Å². The van der Waals surface area contributed by atoms with Gasteiger partial charge in [-0.15, -0.1) is 11.3 Å². The highest BCUT2D eigenvalue weighted by atomic mass is 35.5. The highest BCUT2D eigenvalue weighted by Crippen LogP contribution is 2.42. The number of anilines is 1. The van der Waals surface area contributed by atoms with Gasteiger partial charge >= 0.3 is 0 Å². The van der Waals surface area contributed by atoms with Crippen molar-refractivity contribution in [1.82, 2.24) is 0 Å². The molecule has 138 valence electrons. The number of thiophene rings is 1. The van der Waals surface area contributed by atoms with Gasteiger partial charge in [-0.05, 0) is 46.8 Å². The molecular weight excluding hydrogens is 382 g/mol. The number of methoxy groups -OCH3 is 1. The predicted molar refractivity (Wildman–Crippen MR) is 108 cm³/mol. The summed E-state index contributed by atoms with van der Waals surface area (Å²) >= 11 is 7.58. The Morgan fingerprint density at radius 1 is 1.15 bits per heavy atom. The fraction of sp³-hybridized carbons (Fsp3) is 0.190. The number of nitrogens with one attached hydrogen (secondary N) is 1. The van der Waals surface area contributed by atoms with E-state index in [0.717, 1.165) is 16.8 Å². The number of carbonyl (C=O) groups excluding carboxylic acids is 1. The fourth-order valence-electron chi connectivity index (χ4n) is 3.20. The van der Waals surface area contributed by atoms with E-state index in [4.69, 9.17) is 21.1 Å². The second kappa shape index (κ2) is 7.62. The standard InChI is InChI=1S/C21H18ClNO3S/c1-25-19-10-14(16-11-20(24)23-17-8-9-27-21(16)17)4-7-18(19)26-12-13-2-5-15(22)6-3-13/h2-10,16H,11-12H2,1H3,(H,23,24). The second-order valence-corrected chi connectivity index (χ2v) is 7.71. The number of carbonyl (C=O) groups is 1. The summed E-state index contributed by atoms with van der Waals surface area (Å²) in [6.45, 7) is 0.424. The van der Waals surface area contributed by atoms with Crippen LogP contribution in [0.2, 0.25) is 5.02 Å². The third-order valence-electron chi connectivity index (χ3n) is 4.57. The van der Waals surface area contributed by atoms with Crippen LogP contribution in [0, 0.1) is 0 Å². The first-order valence-electron chi connectivity index (χ1n) is 8.56. The van der Waals surface area contributed by atoms with Crippen LogP contribution >= 0.6 is 22.9 Å². The Hall–Kier alpha value is -2.50. The van der Waals surface area contributed by atoms with Crippen molar-refractivity contribution < 1.29 is 14.3 Å². The molecule has 3 aromatic rings. The molecular formula is C21H18ClNO3S. The first-order chi connectivity index (χ1) is 13.1. The molecule has 0 fully saturated rings. The number of hydrogen-bond acceptors (Lipinski definition) is 4. The van der Waals surface area contributed by atoms with Gasteiger partial charge in [0.1, 0.15) is 6.61 Å². The van der Waals surface area contributed by atoms with E-state index >= 15 is 0 Å². The van der Waals surface area contributed by atoms with Gasteiger partial charge in [0, 0.05) is 22.2 Å². The molecule has 1 aliphatic heterocycles. The summed E-state index contributed by atoms with van der Waals surface area (Å²) < 4.78 is 11.5. The monoisotopic (exact) mass is 399 g/mol. The molecule has 1 N–H and O–H groups in total. The Balaban J connectivity index is 1.57. The average molecular weight is 400 g/mol. The Morgan fingerprint density at radius 2 is 1.96 bits per heavy atom. The molecule has 1 unspecified atom stereocenters. The normalized spacial score (nSPS) is 15.8. The Labute approximate surface area is 166 Å². The summed E-state index contributed by atoms with van der Waals surface area (Å²) in [7, 11) is 1.62. The lowest BCUT2D eigenvalue weighted by Crippen LogP contribution is -2.21. The average Bonchev–Trinajstić information content (AvgIpc) is 3.15. The molecule has 1 aliphatic rings. The number of benzene rings is 2. The molecule has 1 aromatic heterocycles. The van der Waals surface area contributed by atoms with Gasteiger partial charge in [0.15, 0.2) is 11.5 Å². The molecule has 0 aliphatic carbocycles. The van der Waals surface area contributed by atoms with Crippen LogP contribution in [-0.4, -0.2) is 13.0 Å². The van der Waals surface area contributed by atoms with E-state index < -0.39 is 0 Å². The first kappa shape index (κ1) is 17.9. The Bertz CT molecular complexity index is 968. The highest BCUT2D eigenvalue weighted by molar-refractivity contribution is 7.10. The van der Waals surface area contributed by atoms with Crippen LogP contribution in [0.1, 0.15) is 28.3 Å². The van der Waals surface area contributed by atoms with Crippen molar-refractivity contribution in [2.45, 2.75) is 18.9 Å². The number of amides is 1. The fourth-order valence-corrected chi connectivity index (χ4v) is 4.31. The SMILES string of the molecule is COc1cc(C2CC(=O)Nc3ccsc32)ccc1OCc1ccc(Cl)cc1. The van der Waals surface area contributed by atoms with Crippen molar-refractivity contribution in [2.24, 2.45) is 0 Å². The minimum absolute atomic E-state index is 0.0351.